The van der Waals surface area contributed by atoms with Gasteiger partial charge in [-0.15, -0.1) is 0 Å². The second-order valence-electron chi connectivity index (χ2n) is 9.16. The normalized spacial score (nSPS) is 18.4. The Kier molecular flexibility index (Phi) is 19.5. The van der Waals surface area contributed by atoms with Crippen molar-refractivity contribution in [1.82, 2.24) is 21.3 Å². The molecule has 4 nitrogen and oxygen atoms in total. The van der Waals surface area contributed by atoms with Gasteiger partial charge in [0, 0.05) is 0 Å². The van der Waals surface area contributed by atoms with Gasteiger partial charge in [-0.25, -0.2) is 0 Å². The Morgan fingerprint density at radius 2 is 0.897 bits per heavy atom. The first-order valence-electron chi connectivity index (χ1n) is 13.2. The third-order valence-corrected chi connectivity index (χ3v) is 6.25. The number of hydrogen-bond acceptors (Lipinski definition) is 4. The molecule has 1 saturated carbocycles. The van der Waals surface area contributed by atoms with Crippen LogP contribution in [0.25, 0.3) is 0 Å². The fourth-order valence-electron chi connectivity index (χ4n) is 4.07. The molecule has 1 aliphatic rings. The van der Waals surface area contributed by atoms with Crippen molar-refractivity contribution >= 4 is 0 Å². The summed E-state index contributed by atoms with van der Waals surface area (Å²) in [5.41, 5.74) is 0. The molecule has 0 aromatic heterocycles. The number of unbranched alkanes of at least 4 members (excludes halogenated alkanes) is 9. The summed E-state index contributed by atoms with van der Waals surface area (Å²) in [6.07, 6.45) is 18.0. The molecule has 0 aromatic carbocycles. The summed E-state index contributed by atoms with van der Waals surface area (Å²) in [5, 5.41) is 14.3. The molecule has 4 N–H and O–H groups in total. The Balaban J connectivity index is 1.68. The van der Waals surface area contributed by atoms with E-state index in [0.29, 0.717) is 0 Å². The largest absolute Gasteiger partial charge is 0.317 e. The maximum atomic E-state index is 3.68. The molecule has 0 aromatic rings. The third kappa shape index (κ3) is 18.3. The average molecular weight is 411 g/mol. The van der Waals surface area contributed by atoms with Gasteiger partial charge in [-0.05, 0) is 103 Å². The lowest BCUT2D eigenvalue weighted by molar-refractivity contribution is 0.523. The zero-order valence-corrected chi connectivity index (χ0v) is 20.0. The molecule has 0 unspecified atom stereocenters. The average Bonchev–Trinajstić information content (AvgIpc) is 3.48. The van der Waals surface area contributed by atoms with Crippen molar-refractivity contribution < 1.29 is 0 Å². The lowest BCUT2D eigenvalue weighted by Crippen LogP contribution is -2.24. The maximum Gasteiger partial charge on any atom is -0.00173 e. The fourth-order valence-corrected chi connectivity index (χ4v) is 4.07. The van der Waals surface area contributed by atoms with Gasteiger partial charge in [0.1, 0.15) is 0 Å². The summed E-state index contributed by atoms with van der Waals surface area (Å²) in [6, 6.07) is 0. The molecule has 0 aliphatic heterocycles. The van der Waals surface area contributed by atoms with E-state index >= 15 is 0 Å². The van der Waals surface area contributed by atoms with E-state index in [-0.39, 0.29) is 0 Å². The number of hydrogen-bond donors (Lipinski definition) is 4. The van der Waals surface area contributed by atoms with E-state index in [0.717, 1.165) is 18.4 Å². The van der Waals surface area contributed by atoms with Crippen LogP contribution in [-0.4, -0.2) is 52.4 Å². The van der Waals surface area contributed by atoms with Crippen LogP contribution in [-0.2, 0) is 0 Å². The number of rotatable bonds is 24. The van der Waals surface area contributed by atoms with Gasteiger partial charge in [0.15, 0.2) is 0 Å². The summed E-state index contributed by atoms with van der Waals surface area (Å²) in [5.74, 6) is 1.87. The van der Waals surface area contributed by atoms with Crippen LogP contribution < -0.4 is 21.3 Å². The quantitative estimate of drug-likeness (QED) is 0.174. The van der Waals surface area contributed by atoms with E-state index < -0.39 is 0 Å². The van der Waals surface area contributed by atoms with Crippen molar-refractivity contribution in [3.63, 3.8) is 0 Å². The van der Waals surface area contributed by atoms with Crippen molar-refractivity contribution in [3.05, 3.63) is 0 Å². The molecule has 1 fully saturated rings. The number of nitrogens with one attached hydrogen (secondary N) is 4. The molecule has 174 valence electrons. The van der Waals surface area contributed by atoms with Crippen molar-refractivity contribution in [2.45, 2.75) is 97.3 Å². The molecular formula is C25H54N4. The highest BCUT2D eigenvalue weighted by molar-refractivity contribution is 4.89. The fraction of sp³-hybridized carbons (Fsp3) is 1.00. The Morgan fingerprint density at radius 3 is 1.41 bits per heavy atom. The van der Waals surface area contributed by atoms with Crippen LogP contribution in [0.15, 0.2) is 0 Å². The lowest BCUT2D eigenvalue weighted by Gasteiger charge is -2.07. The van der Waals surface area contributed by atoms with E-state index in [1.165, 1.54) is 129 Å². The van der Waals surface area contributed by atoms with Crippen LogP contribution in [0.1, 0.15) is 97.3 Å². The highest BCUT2D eigenvalue weighted by atomic mass is 14.9. The first kappa shape index (κ1) is 26.9. The molecule has 1 aliphatic carbocycles. The minimum Gasteiger partial charge on any atom is -0.317 e. The molecular weight excluding hydrogens is 356 g/mol. The first-order chi connectivity index (χ1) is 14.4. The lowest BCUT2D eigenvalue weighted by atomic mass is 10.1. The van der Waals surface area contributed by atoms with Crippen LogP contribution in [0, 0.1) is 11.8 Å². The van der Waals surface area contributed by atoms with Crippen molar-refractivity contribution in [2.75, 3.05) is 52.4 Å². The topological polar surface area (TPSA) is 48.1 Å². The smallest absolute Gasteiger partial charge is 0.00173 e. The third-order valence-electron chi connectivity index (χ3n) is 6.25. The maximum absolute atomic E-state index is 3.68. The highest BCUT2D eigenvalue weighted by Crippen LogP contribution is 2.37. The Morgan fingerprint density at radius 1 is 0.483 bits per heavy atom. The van der Waals surface area contributed by atoms with Crippen LogP contribution in [0.4, 0.5) is 0 Å². The minimum absolute atomic E-state index is 0.935. The van der Waals surface area contributed by atoms with Gasteiger partial charge in [0.25, 0.3) is 0 Å². The Hall–Kier alpha value is -0.160. The highest BCUT2D eigenvalue weighted by Gasteiger charge is 2.35. The summed E-state index contributed by atoms with van der Waals surface area (Å²) in [4.78, 5) is 0. The van der Waals surface area contributed by atoms with Gasteiger partial charge in [-0.2, -0.15) is 0 Å². The van der Waals surface area contributed by atoms with E-state index in [2.05, 4.69) is 35.1 Å². The standard InChI is InChI=1S/C25H54N4/c1-3-5-6-7-8-9-10-11-17-27-18-13-15-20-29-23-25-21-24(25)22-28-19-14-12-16-26-4-2/h24-29H,3-23H2,1-2H3/t24-,25+/m1/s1. The molecule has 1 rings (SSSR count). The second kappa shape index (κ2) is 21.1. The van der Waals surface area contributed by atoms with E-state index in [9.17, 15) is 0 Å². The van der Waals surface area contributed by atoms with Gasteiger partial charge < -0.3 is 21.3 Å². The minimum atomic E-state index is 0.935. The molecule has 2 atom stereocenters. The van der Waals surface area contributed by atoms with Crippen LogP contribution in [0.3, 0.4) is 0 Å². The molecule has 29 heavy (non-hydrogen) atoms. The summed E-state index contributed by atoms with van der Waals surface area (Å²) < 4.78 is 0. The van der Waals surface area contributed by atoms with Crippen LogP contribution in [0.2, 0.25) is 0 Å². The summed E-state index contributed by atoms with van der Waals surface area (Å²) >= 11 is 0. The monoisotopic (exact) mass is 410 g/mol. The molecule has 0 radical (unpaired) electrons. The van der Waals surface area contributed by atoms with Gasteiger partial charge in [0.2, 0.25) is 0 Å². The zero-order valence-electron chi connectivity index (χ0n) is 20.0. The van der Waals surface area contributed by atoms with Crippen LogP contribution >= 0.6 is 0 Å². The van der Waals surface area contributed by atoms with E-state index in [1.54, 1.807) is 0 Å². The van der Waals surface area contributed by atoms with Gasteiger partial charge in [-0.1, -0.05) is 58.8 Å². The van der Waals surface area contributed by atoms with Gasteiger partial charge in [-0.3, -0.25) is 0 Å². The summed E-state index contributed by atoms with van der Waals surface area (Å²) in [7, 11) is 0. The zero-order chi connectivity index (χ0) is 20.8. The van der Waals surface area contributed by atoms with E-state index in [4.69, 9.17) is 0 Å². The first-order valence-corrected chi connectivity index (χ1v) is 13.2. The molecule has 0 spiro atoms. The predicted octanol–water partition coefficient (Wildman–Crippen LogP) is 4.70. The van der Waals surface area contributed by atoms with Crippen molar-refractivity contribution in [2.24, 2.45) is 11.8 Å². The van der Waals surface area contributed by atoms with Crippen molar-refractivity contribution in [1.29, 1.82) is 0 Å². The molecule has 0 heterocycles. The van der Waals surface area contributed by atoms with Gasteiger partial charge >= 0.3 is 0 Å². The molecule has 0 bridgehead atoms. The van der Waals surface area contributed by atoms with E-state index in [1.807, 2.05) is 0 Å². The SMILES string of the molecule is CCCCCCCCCCNCCCCNC[C@@H]1C[C@@H]1CNCCCCNCC. The molecule has 4 heteroatoms. The Labute approximate surface area is 183 Å². The molecule has 0 amide bonds. The van der Waals surface area contributed by atoms with Crippen LogP contribution in [0.5, 0.6) is 0 Å². The molecule has 0 saturated heterocycles. The van der Waals surface area contributed by atoms with Gasteiger partial charge in [0.05, 0.1) is 0 Å². The van der Waals surface area contributed by atoms with Crippen molar-refractivity contribution in [3.8, 4) is 0 Å². The summed E-state index contributed by atoms with van der Waals surface area (Å²) in [6.45, 7) is 14.0. The Bertz CT molecular complexity index is 324. The predicted molar refractivity (Wildman–Crippen MR) is 130 cm³/mol. The second-order valence-corrected chi connectivity index (χ2v) is 9.16.